The van der Waals surface area contributed by atoms with E-state index in [1.54, 1.807) is 0 Å². The summed E-state index contributed by atoms with van der Waals surface area (Å²) in [7, 11) is 2.19. The van der Waals surface area contributed by atoms with Gasteiger partial charge in [0.2, 0.25) is 0 Å². The molecule has 0 saturated carbocycles. The first-order valence-corrected chi connectivity index (χ1v) is 10.0. The Labute approximate surface area is 150 Å². The Morgan fingerprint density at radius 3 is 2.96 bits per heavy atom. The van der Waals surface area contributed by atoms with Gasteiger partial charge in [0.25, 0.3) is 0 Å². The number of hydrogen-bond acceptors (Lipinski definition) is 5. The molecule has 0 bridgehead atoms. The Bertz CT molecular complexity index is 533. The van der Waals surface area contributed by atoms with E-state index in [0.29, 0.717) is 12.1 Å². The first kappa shape index (κ1) is 18.3. The first-order chi connectivity index (χ1) is 11.5. The largest absolute Gasteiger partial charge is 0.377 e. The minimum atomic E-state index is -0.106. The molecule has 0 aromatic carbocycles. The SMILES string of the molecule is Cc1ccc(CN2CCOC[C@]3(CC[C@H](CN(C)C(C)C)O3)C2)s1. The van der Waals surface area contributed by atoms with E-state index >= 15 is 0 Å². The van der Waals surface area contributed by atoms with Crippen LogP contribution in [0.4, 0.5) is 0 Å². The summed E-state index contributed by atoms with van der Waals surface area (Å²) in [6.07, 6.45) is 2.60. The topological polar surface area (TPSA) is 24.9 Å². The van der Waals surface area contributed by atoms with Crippen molar-refractivity contribution in [2.45, 2.75) is 57.9 Å². The number of hydrogen-bond donors (Lipinski definition) is 0. The zero-order chi connectivity index (χ0) is 17.2. The maximum absolute atomic E-state index is 6.56. The molecule has 2 fully saturated rings. The van der Waals surface area contributed by atoms with Crippen LogP contribution in [0.15, 0.2) is 12.1 Å². The zero-order valence-corrected chi connectivity index (χ0v) is 16.4. The van der Waals surface area contributed by atoms with Crippen molar-refractivity contribution in [3.8, 4) is 0 Å². The minimum Gasteiger partial charge on any atom is -0.377 e. The summed E-state index contributed by atoms with van der Waals surface area (Å²) in [4.78, 5) is 7.73. The van der Waals surface area contributed by atoms with Crippen LogP contribution in [-0.2, 0) is 16.0 Å². The second-order valence-corrected chi connectivity index (χ2v) is 9.14. The molecule has 136 valence electrons. The van der Waals surface area contributed by atoms with E-state index in [4.69, 9.17) is 9.47 Å². The summed E-state index contributed by atoms with van der Waals surface area (Å²) in [6, 6.07) is 5.04. The van der Waals surface area contributed by atoms with Gasteiger partial charge in [-0.15, -0.1) is 11.3 Å². The molecule has 1 aromatic heterocycles. The summed E-state index contributed by atoms with van der Waals surface area (Å²) >= 11 is 1.90. The molecule has 0 radical (unpaired) electrons. The highest BCUT2D eigenvalue weighted by molar-refractivity contribution is 7.11. The van der Waals surface area contributed by atoms with E-state index in [2.05, 4.69) is 49.8 Å². The van der Waals surface area contributed by atoms with Crippen molar-refractivity contribution < 1.29 is 9.47 Å². The van der Waals surface area contributed by atoms with Crippen molar-refractivity contribution in [1.29, 1.82) is 0 Å². The Balaban J connectivity index is 1.60. The van der Waals surface area contributed by atoms with Gasteiger partial charge in [0.05, 0.1) is 19.3 Å². The highest BCUT2D eigenvalue weighted by Gasteiger charge is 2.43. The van der Waals surface area contributed by atoms with Gasteiger partial charge in [-0.2, -0.15) is 0 Å². The molecule has 5 heteroatoms. The molecule has 1 spiro atoms. The van der Waals surface area contributed by atoms with Gasteiger partial charge in [0.1, 0.15) is 5.60 Å². The molecule has 24 heavy (non-hydrogen) atoms. The van der Waals surface area contributed by atoms with E-state index in [1.165, 1.54) is 9.75 Å². The van der Waals surface area contributed by atoms with E-state index in [9.17, 15) is 0 Å². The van der Waals surface area contributed by atoms with Crippen LogP contribution in [0.25, 0.3) is 0 Å². The standard InChI is InChI=1S/C19H32N2O2S/c1-15(2)20(4)11-17-7-8-19(23-17)13-21(9-10-22-14-19)12-18-6-5-16(3)24-18/h5-6,15,17H,7-14H2,1-4H3/t17-,19+/m1/s1. The Kier molecular flexibility index (Phi) is 5.98. The molecule has 0 unspecified atom stereocenters. The molecule has 0 aliphatic carbocycles. The van der Waals surface area contributed by atoms with Gasteiger partial charge in [-0.25, -0.2) is 0 Å². The van der Waals surface area contributed by atoms with Gasteiger partial charge >= 0.3 is 0 Å². The number of thiophene rings is 1. The van der Waals surface area contributed by atoms with Crippen LogP contribution in [0.5, 0.6) is 0 Å². The fraction of sp³-hybridized carbons (Fsp3) is 0.789. The molecule has 2 saturated heterocycles. The summed E-state index contributed by atoms with van der Waals surface area (Å²) in [5.74, 6) is 0. The third-order valence-electron chi connectivity index (χ3n) is 5.32. The predicted molar refractivity (Wildman–Crippen MR) is 99.8 cm³/mol. The Morgan fingerprint density at radius 1 is 1.42 bits per heavy atom. The fourth-order valence-corrected chi connectivity index (χ4v) is 4.62. The molecule has 1 aromatic rings. The van der Waals surface area contributed by atoms with E-state index in [0.717, 1.165) is 52.2 Å². The quantitative estimate of drug-likeness (QED) is 0.813. The minimum absolute atomic E-state index is 0.106. The van der Waals surface area contributed by atoms with Crippen LogP contribution in [0.3, 0.4) is 0 Å². The van der Waals surface area contributed by atoms with Crippen molar-refractivity contribution >= 4 is 11.3 Å². The summed E-state index contributed by atoms with van der Waals surface area (Å²) in [5, 5.41) is 0. The normalized spacial score (nSPS) is 29.0. The number of likely N-dealkylation sites (N-methyl/N-ethyl adjacent to an activating group) is 1. The molecular weight excluding hydrogens is 320 g/mol. The van der Waals surface area contributed by atoms with Gasteiger partial charge < -0.3 is 14.4 Å². The molecular formula is C19H32N2O2S. The number of rotatable bonds is 5. The highest BCUT2D eigenvalue weighted by atomic mass is 32.1. The maximum atomic E-state index is 6.56. The first-order valence-electron chi connectivity index (χ1n) is 9.19. The zero-order valence-electron chi connectivity index (χ0n) is 15.6. The number of nitrogens with zero attached hydrogens (tertiary/aromatic N) is 2. The van der Waals surface area contributed by atoms with Crippen molar-refractivity contribution in [3.63, 3.8) is 0 Å². The van der Waals surface area contributed by atoms with Crippen molar-refractivity contribution in [1.82, 2.24) is 9.80 Å². The lowest BCUT2D eigenvalue weighted by atomic mass is 10.00. The lowest BCUT2D eigenvalue weighted by Gasteiger charge is -2.33. The molecule has 0 N–H and O–H groups in total. The maximum Gasteiger partial charge on any atom is 0.105 e. The molecule has 3 heterocycles. The summed E-state index contributed by atoms with van der Waals surface area (Å²) in [6.45, 7) is 12.2. The van der Waals surface area contributed by atoms with Crippen molar-refractivity contribution in [3.05, 3.63) is 21.9 Å². The molecule has 0 amide bonds. The van der Waals surface area contributed by atoms with E-state index in [-0.39, 0.29) is 5.60 Å². The highest BCUT2D eigenvalue weighted by Crippen LogP contribution is 2.34. The molecule has 2 atom stereocenters. The lowest BCUT2D eigenvalue weighted by Crippen LogP contribution is -2.45. The number of ether oxygens (including phenoxy) is 2. The Hall–Kier alpha value is -0.460. The second-order valence-electron chi connectivity index (χ2n) is 7.77. The molecule has 4 nitrogen and oxygen atoms in total. The second kappa shape index (κ2) is 7.83. The third-order valence-corrected chi connectivity index (χ3v) is 6.30. The van der Waals surface area contributed by atoms with Crippen molar-refractivity contribution in [2.75, 3.05) is 39.9 Å². The van der Waals surface area contributed by atoms with Gasteiger partial charge in [0, 0.05) is 42.0 Å². The molecule has 3 rings (SSSR count). The Morgan fingerprint density at radius 2 is 2.25 bits per heavy atom. The molecule has 2 aliphatic heterocycles. The van der Waals surface area contributed by atoms with Crippen molar-refractivity contribution in [2.24, 2.45) is 0 Å². The van der Waals surface area contributed by atoms with Crippen LogP contribution in [-0.4, -0.2) is 67.4 Å². The monoisotopic (exact) mass is 352 g/mol. The summed E-state index contributed by atoms with van der Waals surface area (Å²) in [5.41, 5.74) is -0.106. The fourth-order valence-electron chi connectivity index (χ4n) is 3.69. The third kappa shape index (κ3) is 4.58. The molecule has 2 aliphatic rings. The van der Waals surface area contributed by atoms with Crippen LogP contribution in [0.2, 0.25) is 0 Å². The van der Waals surface area contributed by atoms with Gasteiger partial charge in [-0.05, 0) is 52.8 Å². The van der Waals surface area contributed by atoms with Gasteiger partial charge in [0.15, 0.2) is 0 Å². The van der Waals surface area contributed by atoms with Crippen LogP contribution in [0, 0.1) is 6.92 Å². The lowest BCUT2D eigenvalue weighted by molar-refractivity contribution is -0.0924. The average Bonchev–Trinajstić information content (AvgIpc) is 3.04. The average molecular weight is 353 g/mol. The predicted octanol–water partition coefficient (Wildman–Crippen LogP) is 3.15. The number of aryl methyl sites for hydroxylation is 1. The van der Waals surface area contributed by atoms with E-state index < -0.39 is 0 Å². The van der Waals surface area contributed by atoms with Crippen LogP contribution >= 0.6 is 11.3 Å². The smallest absolute Gasteiger partial charge is 0.105 e. The van der Waals surface area contributed by atoms with Crippen LogP contribution < -0.4 is 0 Å². The summed E-state index contributed by atoms with van der Waals surface area (Å²) < 4.78 is 12.5. The van der Waals surface area contributed by atoms with Gasteiger partial charge in [-0.3, -0.25) is 4.90 Å². The van der Waals surface area contributed by atoms with Crippen LogP contribution in [0.1, 0.15) is 36.4 Å². The van der Waals surface area contributed by atoms with Gasteiger partial charge in [-0.1, -0.05) is 0 Å². The van der Waals surface area contributed by atoms with E-state index in [1.807, 2.05) is 11.3 Å².